The summed E-state index contributed by atoms with van der Waals surface area (Å²) in [6.45, 7) is 0.579. The highest BCUT2D eigenvalue weighted by atomic mass is 16.1. The summed E-state index contributed by atoms with van der Waals surface area (Å²) in [5, 5.41) is 5.44. The zero-order valence-electron chi connectivity index (χ0n) is 14.2. The molecule has 1 amide bonds. The number of pyridine rings is 1. The average molecular weight is 342 g/mol. The number of fused-ring (bicyclic) bond motifs is 1. The van der Waals surface area contributed by atoms with E-state index in [1.54, 1.807) is 41.6 Å². The summed E-state index contributed by atoms with van der Waals surface area (Å²) < 4.78 is 1.77. The van der Waals surface area contributed by atoms with Crippen LogP contribution in [0.1, 0.15) is 15.9 Å². The van der Waals surface area contributed by atoms with E-state index in [1.165, 1.54) is 16.3 Å². The number of carbonyl (C=O) groups excluding carboxylic acids is 1. The van der Waals surface area contributed by atoms with Crippen LogP contribution in [0.25, 0.3) is 16.6 Å². The summed E-state index contributed by atoms with van der Waals surface area (Å²) in [5.74, 6) is 0.568. The fourth-order valence-corrected chi connectivity index (χ4v) is 3.02. The number of nitrogens with zero attached hydrogens (tertiary/aromatic N) is 3. The van der Waals surface area contributed by atoms with Gasteiger partial charge >= 0.3 is 0 Å². The molecule has 2 heterocycles. The van der Waals surface area contributed by atoms with Gasteiger partial charge in [0, 0.05) is 30.7 Å². The molecule has 0 bridgehead atoms. The lowest BCUT2D eigenvalue weighted by atomic mass is 10.0. The Labute approximate surface area is 151 Å². The maximum absolute atomic E-state index is 12.5. The topological polar surface area (TPSA) is 59.8 Å². The quantitative estimate of drug-likeness (QED) is 0.605. The summed E-state index contributed by atoms with van der Waals surface area (Å²) in [4.78, 5) is 20.7. The van der Waals surface area contributed by atoms with Crippen LogP contribution in [0.5, 0.6) is 0 Å². The molecule has 5 nitrogen and oxygen atoms in total. The lowest BCUT2D eigenvalue weighted by Gasteiger charge is -2.09. The molecule has 0 aliphatic carbocycles. The number of amides is 1. The molecule has 4 aromatic rings. The van der Waals surface area contributed by atoms with Crippen molar-refractivity contribution in [3.63, 3.8) is 0 Å². The van der Waals surface area contributed by atoms with Crippen LogP contribution in [0, 0.1) is 0 Å². The first-order valence-electron chi connectivity index (χ1n) is 8.50. The maximum atomic E-state index is 12.5. The summed E-state index contributed by atoms with van der Waals surface area (Å²) in [6, 6.07) is 18.0. The van der Waals surface area contributed by atoms with Crippen molar-refractivity contribution in [2.75, 3.05) is 6.54 Å². The number of hydrogen-bond acceptors (Lipinski definition) is 3. The second-order valence-corrected chi connectivity index (χ2v) is 6.02. The van der Waals surface area contributed by atoms with Crippen LogP contribution >= 0.6 is 0 Å². The molecule has 1 N–H and O–H groups in total. The van der Waals surface area contributed by atoms with E-state index >= 15 is 0 Å². The molecule has 0 spiro atoms. The van der Waals surface area contributed by atoms with Crippen molar-refractivity contribution in [2.45, 2.75) is 6.42 Å². The second-order valence-electron chi connectivity index (χ2n) is 6.02. The Morgan fingerprint density at radius 2 is 1.92 bits per heavy atom. The summed E-state index contributed by atoms with van der Waals surface area (Å²) >= 11 is 0. The number of benzene rings is 2. The van der Waals surface area contributed by atoms with Crippen molar-refractivity contribution in [1.82, 2.24) is 19.9 Å². The first-order valence-corrected chi connectivity index (χ1v) is 8.50. The van der Waals surface area contributed by atoms with Gasteiger partial charge in [-0.2, -0.15) is 0 Å². The van der Waals surface area contributed by atoms with Crippen molar-refractivity contribution < 1.29 is 4.79 Å². The van der Waals surface area contributed by atoms with Crippen LogP contribution in [0.4, 0.5) is 0 Å². The molecule has 0 saturated carbocycles. The summed E-state index contributed by atoms with van der Waals surface area (Å²) in [6.07, 6.45) is 7.55. The van der Waals surface area contributed by atoms with Crippen molar-refractivity contribution in [2.24, 2.45) is 0 Å². The van der Waals surface area contributed by atoms with E-state index in [0.717, 1.165) is 6.42 Å². The van der Waals surface area contributed by atoms with Gasteiger partial charge in [0.15, 0.2) is 0 Å². The van der Waals surface area contributed by atoms with Crippen molar-refractivity contribution in [3.05, 3.63) is 90.6 Å². The zero-order valence-corrected chi connectivity index (χ0v) is 14.2. The standard InChI is InChI=1S/C21H18N4O/c26-21(18-9-10-23-20(14-18)25-13-12-22-15-25)24-11-8-17-6-3-5-16-4-1-2-7-19(16)17/h1-7,9-10,12-15H,8,11H2,(H,24,26). The van der Waals surface area contributed by atoms with Crippen molar-refractivity contribution in [1.29, 1.82) is 0 Å². The molecule has 0 aliphatic rings. The highest BCUT2D eigenvalue weighted by Gasteiger charge is 2.08. The van der Waals surface area contributed by atoms with E-state index in [2.05, 4.69) is 45.6 Å². The van der Waals surface area contributed by atoms with E-state index in [0.29, 0.717) is 17.9 Å². The normalized spacial score (nSPS) is 10.8. The number of imidazole rings is 1. The Kier molecular flexibility index (Phi) is 4.43. The van der Waals surface area contributed by atoms with Gasteiger partial charge in [-0.05, 0) is 34.9 Å². The van der Waals surface area contributed by atoms with Crippen LogP contribution in [0.2, 0.25) is 0 Å². The van der Waals surface area contributed by atoms with Crippen LogP contribution in [0.15, 0.2) is 79.5 Å². The first kappa shape index (κ1) is 16.0. The predicted molar refractivity (Wildman–Crippen MR) is 101 cm³/mol. The Hall–Kier alpha value is -3.47. The fraction of sp³-hybridized carbons (Fsp3) is 0.0952. The van der Waals surface area contributed by atoms with Gasteiger partial charge in [-0.25, -0.2) is 9.97 Å². The van der Waals surface area contributed by atoms with Crippen LogP contribution in [-0.2, 0) is 6.42 Å². The Morgan fingerprint density at radius 1 is 1.04 bits per heavy atom. The number of hydrogen-bond donors (Lipinski definition) is 1. The third-order valence-electron chi connectivity index (χ3n) is 4.34. The van der Waals surface area contributed by atoms with Crippen LogP contribution in [-0.4, -0.2) is 27.0 Å². The molecule has 0 atom stereocenters. The predicted octanol–water partition coefficient (Wildman–Crippen LogP) is 3.39. The van der Waals surface area contributed by atoms with E-state index < -0.39 is 0 Å². The molecule has 0 radical (unpaired) electrons. The molecule has 26 heavy (non-hydrogen) atoms. The van der Waals surface area contributed by atoms with Crippen molar-refractivity contribution in [3.8, 4) is 5.82 Å². The third kappa shape index (κ3) is 3.32. The second kappa shape index (κ2) is 7.19. The minimum absolute atomic E-state index is 0.103. The lowest BCUT2D eigenvalue weighted by Crippen LogP contribution is -2.26. The Bertz CT molecular complexity index is 1040. The first-order chi connectivity index (χ1) is 12.8. The lowest BCUT2D eigenvalue weighted by molar-refractivity contribution is 0.0954. The molecule has 2 aromatic heterocycles. The smallest absolute Gasteiger partial charge is 0.251 e. The van der Waals surface area contributed by atoms with Crippen LogP contribution in [0.3, 0.4) is 0 Å². The van der Waals surface area contributed by atoms with Gasteiger partial charge in [-0.15, -0.1) is 0 Å². The highest BCUT2D eigenvalue weighted by molar-refractivity contribution is 5.94. The molecule has 0 aliphatic heterocycles. The largest absolute Gasteiger partial charge is 0.352 e. The average Bonchev–Trinajstić information content (AvgIpc) is 3.23. The molecule has 0 fully saturated rings. The summed E-state index contributed by atoms with van der Waals surface area (Å²) in [5.41, 5.74) is 1.82. The molecule has 0 unspecified atom stereocenters. The monoisotopic (exact) mass is 342 g/mol. The zero-order chi connectivity index (χ0) is 17.8. The molecule has 128 valence electrons. The Balaban J connectivity index is 1.43. The molecule has 2 aromatic carbocycles. The highest BCUT2D eigenvalue weighted by Crippen LogP contribution is 2.18. The summed E-state index contributed by atoms with van der Waals surface area (Å²) in [7, 11) is 0. The van der Waals surface area contributed by atoms with Gasteiger partial charge in [0.05, 0.1) is 0 Å². The van der Waals surface area contributed by atoms with E-state index in [1.807, 2.05) is 12.1 Å². The molecule has 5 heteroatoms. The molecular formula is C21H18N4O. The third-order valence-corrected chi connectivity index (χ3v) is 4.34. The number of rotatable bonds is 5. The van der Waals surface area contributed by atoms with Gasteiger partial charge in [0.2, 0.25) is 0 Å². The SMILES string of the molecule is O=C(NCCc1cccc2ccccc12)c1ccnc(-n2ccnc2)c1. The van der Waals surface area contributed by atoms with E-state index in [9.17, 15) is 4.79 Å². The van der Waals surface area contributed by atoms with Crippen molar-refractivity contribution >= 4 is 16.7 Å². The number of aromatic nitrogens is 3. The number of carbonyl (C=O) groups is 1. The fourth-order valence-electron chi connectivity index (χ4n) is 3.02. The van der Waals surface area contributed by atoms with E-state index in [-0.39, 0.29) is 5.91 Å². The Morgan fingerprint density at radius 3 is 2.81 bits per heavy atom. The maximum Gasteiger partial charge on any atom is 0.251 e. The van der Waals surface area contributed by atoms with Gasteiger partial charge in [0.1, 0.15) is 12.1 Å². The minimum atomic E-state index is -0.103. The van der Waals surface area contributed by atoms with Gasteiger partial charge in [0.25, 0.3) is 5.91 Å². The minimum Gasteiger partial charge on any atom is -0.352 e. The molecule has 0 saturated heterocycles. The van der Waals surface area contributed by atoms with Gasteiger partial charge in [-0.1, -0.05) is 42.5 Å². The van der Waals surface area contributed by atoms with Gasteiger partial charge < -0.3 is 5.32 Å². The van der Waals surface area contributed by atoms with Crippen LogP contribution < -0.4 is 5.32 Å². The molecule has 4 rings (SSSR count). The van der Waals surface area contributed by atoms with Gasteiger partial charge in [-0.3, -0.25) is 9.36 Å². The van der Waals surface area contributed by atoms with E-state index in [4.69, 9.17) is 0 Å². The molecular weight excluding hydrogens is 324 g/mol. The number of nitrogens with one attached hydrogen (secondary N) is 1.